The number of hydrogen-bond donors (Lipinski definition) is 2. The minimum absolute atomic E-state index is 0.700. The molecule has 2 N–H and O–H groups in total. The Morgan fingerprint density at radius 2 is 1.75 bits per heavy atom. The normalized spacial score (nSPS) is 26.0. The molecule has 3 aliphatic carbocycles. The topological polar surface area (TPSA) is 36.4 Å². The van der Waals surface area contributed by atoms with Gasteiger partial charge in [-0.1, -0.05) is 0 Å². The number of nitrogens with one attached hydrogen (secondary N) is 2. The van der Waals surface area contributed by atoms with E-state index in [-0.39, 0.29) is 0 Å². The van der Waals surface area contributed by atoms with Gasteiger partial charge in [-0.15, -0.1) is 0 Å². The van der Waals surface area contributed by atoms with E-state index in [1.807, 2.05) is 7.05 Å². The average Bonchev–Trinajstić information content (AvgIpc) is 3.16. The highest BCUT2D eigenvalue weighted by Gasteiger charge is 2.41. The summed E-state index contributed by atoms with van der Waals surface area (Å²) >= 11 is 0. The SMILES string of the molecule is CN=C(NCC(C1CC1)C1CC1)NC1CC1. The highest BCUT2D eigenvalue weighted by Crippen LogP contribution is 2.48. The fraction of sp³-hybridized carbons (Fsp3) is 0.923. The van der Waals surface area contributed by atoms with Crippen molar-refractivity contribution in [1.29, 1.82) is 0 Å². The number of hydrogen-bond acceptors (Lipinski definition) is 1. The van der Waals surface area contributed by atoms with Crippen molar-refractivity contribution in [2.75, 3.05) is 13.6 Å². The Kier molecular flexibility index (Phi) is 2.78. The molecule has 0 aliphatic heterocycles. The van der Waals surface area contributed by atoms with Crippen molar-refractivity contribution >= 4 is 5.96 Å². The van der Waals surface area contributed by atoms with Gasteiger partial charge in [0.2, 0.25) is 0 Å². The molecule has 0 bridgehead atoms. The number of rotatable bonds is 5. The molecule has 3 nitrogen and oxygen atoms in total. The van der Waals surface area contributed by atoms with Crippen LogP contribution in [-0.2, 0) is 0 Å². The number of nitrogens with zero attached hydrogens (tertiary/aromatic N) is 1. The van der Waals surface area contributed by atoms with Crippen molar-refractivity contribution in [2.45, 2.75) is 44.6 Å². The Balaban J connectivity index is 1.45. The van der Waals surface area contributed by atoms with Gasteiger partial charge < -0.3 is 10.6 Å². The molecule has 0 saturated heterocycles. The van der Waals surface area contributed by atoms with Gasteiger partial charge in [-0.25, -0.2) is 0 Å². The quantitative estimate of drug-likeness (QED) is 0.548. The van der Waals surface area contributed by atoms with E-state index in [0.717, 1.165) is 30.3 Å². The fourth-order valence-electron chi connectivity index (χ4n) is 2.60. The third-order valence-corrected chi connectivity index (χ3v) is 4.10. The molecule has 0 aromatic carbocycles. The summed E-state index contributed by atoms with van der Waals surface area (Å²) in [5.41, 5.74) is 0. The molecule has 0 aromatic heterocycles. The van der Waals surface area contributed by atoms with Gasteiger partial charge in [0.25, 0.3) is 0 Å². The van der Waals surface area contributed by atoms with Crippen LogP contribution in [0.1, 0.15) is 38.5 Å². The van der Waals surface area contributed by atoms with Crippen molar-refractivity contribution in [3.63, 3.8) is 0 Å². The lowest BCUT2D eigenvalue weighted by atomic mass is 9.98. The Hall–Kier alpha value is -0.730. The first kappa shape index (κ1) is 10.4. The molecule has 0 aromatic rings. The molecular weight excluding hydrogens is 198 g/mol. The molecule has 3 saturated carbocycles. The second-order valence-corrected chi connectivity index (χ2v) is 5.71. The first-order valence-electron chi connectivity index (χ1n) is 6.84. The van der Waals surface area contributed by atoms with Crippen LogP contribution in [-0.4, -0.2) is 25.6 Å². The van der Waals surface area contributed by atoms with E-state index in [9.17, 15) is 0 Å². The highest BCUT2D eigenvalue weighted by atomic mass is 15.2. The Morgan fingerprint density at radius 1 is 1.12 bits per heavy atom. The zero-order valence-corrected chi connectivity index (χ0v) is 10.2. The predicted octanol–water partition coefficient (Wildman–Crippen LogP) is 1.75. The molecule has 3 fully saturated rings. The zero-order chi connectivity index (χ0) is 11.0. The van der Waals surface area contributed by atoms with E-state index in [0.29, 0.717) is 6.04 Å². The summed E-state index contributed by atoms with van der Waals surface area (Å²) in [7, 11) is 1.88. The molecule has 3 aliphatic rings. The van der Waals surface area contributed by atoms with Crippen LogP contribution in [0.2, 0.25) is 0 Å². The van der Waals surface area contributed by atoms with Gasteiger partial charge in [-0.05, 0) is 56.3 Å². The van der Waals surface area contributed by atoms with Gasteiger partial charge in [0.05, 0.1) is 0 Å². The molecule has 0 heterocycles. The van der Waals surface area contributed by atoms with Crippen molar-refractivity contribution in [3.05, 3.63) is 0 Å². The summed E-state index contributed by atoms with van der Waals surface area (Å²) in [5, 5.41) is 6.98. The van der Waals surface area contributed by atoms with Gasteiger partial charge in [0.1, 0.15) is 0 Å². The Bertz CT molecular complexity index is 263. The predicted molar refractivity (Wildman–Crippen MR) is 66.5 cm³/mol. The first-order chi connectivity index (χ1) is 7.86. The van der Waals surface area contributed by atoms with Gasteiger partial charge in [-0.3, -0.25) is 4.99 Å². The lowest BCUT2D eigenvalue weighted by molar-refractivity contribution is 0.400. The Labute approximate surface area is 98.1 Å². The maximum absolute atomic E-state index is 4.29. The second-order valence-electron chi connectivity index (χ2n) is 5.71. The van der Waals surface area contributed by atoms with Crippen LogP contribution in [0.3, 0.4) is 0 Å². The minimum atomic E-state index is 0.700. The van der Waals surface area contributed by atoms with E-state index in [2.05, 4.69) is 15.6 Å². The van der Waals surface area contributed by atoms with Gasteiger partial charge in [-0.2, -0.15) is 0 Å². The van der Waals surface area contributed by atoms with Crippen LogP contribution in [0.5, 0.6) is 0 Å². The Morgan fingerprint density at radius 3 is 2.19 bits per heavy atom. The molecule has 0 radical (unpaired) electrons. The third kappa shape index (κ3) is 2.69. The van der Waals surface area contributed by atoms with E-state index in [4.69, 9.17) is 0 Å². The molecule has 0 atom stereocenters. The van der Waals surface area contributed by atoms with Gasteiger partial charge >= 0.3 is 0 Å². The van der Waals surface area contributed by atoms with Crippen LogP contribution >= 0.6 is 0 Å². The van der Waals surface area contributed by atoms with Crippen LogP contribution in [0, 0.1) is 17.8 Å². The molecule has 3 heteroatoms. The standard InChI is InChI=1S/C13H23N3/c1-14-13(16-11-6-7-11)15-8-12(9-2-3-9)10-4-5-10/h9-12H,2-8H2,1H3,(H2,14,15,16). The minimum Gasteiger partial charge on any atom is -0.356 e. The van der Waals surface area contributed by atoms with Crippen LogP contribution in [0.15, 0.2) is 4.99 Å². The van der Waals surface area contributed by atoms with Crippen molar-refractivity contribution in [3.8, 4) is 0 Å². The highest BCUT2D eigenvalue weighted by molar-refractivity contribution is 5.80. The number of aliphatic imine (C=N–C) groups is 1. The molecule has 0 spiro atoms. The van der Waals surface area contributed by atoms with Gasteiger partial charge in [0, 0.05) is 19.6 Å². The molecule has 3 rings (SSSR count). The summed E-state index contributed by atoms with van der Waals surface area (Å²) in [4.78, 5) is 4.29. The largest absolute Gasteiger partial charge is 0.356 e. The van der Waals surface area contributed by atoms with Crippen LogP contribution < -0.4 is 10.6 Å². The van der Waals surface area contributed by atoms with E-state index >= 15 is 0 Å². The second kappa shape index (κ2) is 4.27. The van der Waals surface area contributed by atoms with Crippen molar-refractivity contribution < 1.29 is 0 Å². The maximum Gasteiger partial charge on any atom is 0.191 e. The first-order valence-corrected chi connectivity index (χ1v) is 6.84. The molecule has 90 valence electrons. The summed E-state index contributed by atoms with van der Waals surface area (Å²) in [6.07, 6.45) is 8.51. The summed E-state index contributed by atoms with van der Waals surface area (Å²) < 4.78 is 0. The summed E-state index contributed by atoms with van der Waals surface area (Å²) in [5.74, 6) is 4.00. The lowest BCUT2D eigenvalue weighted by Gasteiger charge is -2.18. The monoisotopic (exact) mass is 221 g/mol. The number of guanidine groups is 1. The van der Waals surface area contributed by atoms with E-state index < -0.39 is 0 Å². The smallest absolute Gasteiger partial charge is 0.191 e. The van der Waals surface area contributed by atoms with E-state index in [1.165, 1.54) is 38.5 Å². The van der Waals surface area contributed by atoms with Crippen LogP contribution in [0.25, 0.3) is 0 Å². The average molecular weight is 221 g/mol. The molecule has 0 unspecified atom stereocenters. The van der Waals surface area contributed by atoms with E-state index in [1.54, 1.807) is 0 Å². The third-order valence-electron chi connectivity index (χ3n) is 4.10. The zero-order valence-electron chi connectivity index (χ0n) is 10.2. The molecular formula is C13H23N3. The lowest BCUT2D eigenvalue weighted by Crippen LogP contribution is -2.41. The fourth-order valence-corrected chi connectivity index (χ4v) is 2.60. The summed E-state index contributed by atoms with van der Waals surface area (Å²) in [6, 6.07) is 0.700. The van der Waals surface area contributed by atoms with Crippen molar-refractivity contribution in [1.82, 2.24) is 10.6 Å². The molecule has 0 amide bonds. The van der Waals surface area contributed by atoms with Gasteiger partial charge in [0.15, 0.2) is 5.96 Å². The molecule has 16 heavy (non-hydrogen) atoms. The van der Waals surface area contributed by atoms with Crippen molar-refractivity contribution in [2.24, 2.45) is 22.7 Å². The summed E-state index contributed by atoms with van der Waals surface area (Å²) in [6.45, 7) is 1.14. The maximum atomic E-state index is 4.29. The van der Waals surface area contributed by atoms with Crippen LogP contribution in [0.4, 0.5) is 0 Å².